The van der Waals surface area contributed by atoms with Crippen LogP contribution in [0.1, 0.15) is 29.8 Å². The highest BCUT2D eigenvalue weighted by molar-refractivity contribution is 7.53. The zero-order valence-electron chi connectivity index (χ0n) is 14.1. The normalized spacial score (nSPS) is 11.3. The van der Waals surface area contributed by atoms with Crippen molar-refractivity contribution >= 4 is 19.3 Å². The molecule has 0 bridgehead atoms. The molecule has 25 heavy (non-hydrogen) atoms. The van der Waals surface area contributed by atoms with Crippen LogP contribution >= 0.6 is 7.60 Å². The molecule has 1 aromatic carbocycles. The van der Waals surface area contributed by atoms with Gasteiger partial charge in [0.25, 0.3) is 5.91 Å². The molecule has 0 atom stereocenters. The molecule has 134 valence electrons. The van der Waals surface area contributed by atoms with Gasteiger partial charge in [-0.15, -0.1) is 0 Å². The molecule has 0 unspecified atom stereocenters. The monoisotopic (exact) mass is 366 g/mol. The molecule has 0 spiro atoms. The lowest BCUT2D eigenvalue weighted by molar-refractivity contribution is 0.102. The molecule has 0 aliphatic carbocycles. The largest absolute Gasteiger partial charge is 0.335 e. The maximum absolute atomic E-state index is 13.3. The minimum atomic E-state index is -3.34. The van der Waals surface area contributed by atoms with Gasteiger partial charge in [0.2, 0.25) is 0 Å². The third-order valence-electron chi connectivity index (χ3n) is 3.23. The van der Waals surface area contributed by atoms with Crippen LogP contribution in [0.2, 0.25) is 0 Å². The van der Waals surface area contributed by atoms with E-state index in [1.165, 1.54) is 24.4 Å². The van der Waals surface area contributed by atoms with Gasteiger partial charge in [0.1, 0.15) is 11.6 Å². The smallest absolute Gasteiger partial charge is 0.309 e. The van der Waals surface area contributed by atoms with E-state index in [-0.39, 0.29) is 30.8 Å². The number of hydrogen-bond acceptors (Lipinski definition) is 5. The Morgan fingerprint density at radius 3 is 2.56 bits per heavy atom. The number of nitrogens with one attached hydrogen (secondary N) is 1. The van der Waals surface area contributed by atoms with Crippen molar-refractivity contribution in [3.05, 3.63) is 59.5 Å². The summed E-state index contributed by atoms with van der Waals surface area (Å²) in [7, 11) is -3.34. The van der Waals surface area contributed by atoms with Gasteiger partial charge < -0.3 is 14.4 Å². The fourth-order valence-corrected chi connectivity index (χ4v) is 3.94. The first-order valence-electron chi connectivity index (χ1n) is 7.86. The lowest BCUT2D eigenvalue weighted by Crippen LogP contribution is -2.15. The number of carbonyl (C=O) groups excluding carboxylic acids is 1. The Kier molecular flexibility index (Phi) is 6.82. The molecule has 1 amide bonds. The van der Waals surface area contributed by atoms with Crippen molar-refractivity contribution in [2.45, 2.75) is 20.0 Å². The SMILES string of the molecule is CCOP(=O)(Cc1cccnc1NC(=O)c1cccc(F)c1)OCC. The van der Waals surface area contributed by atoms with Gasteiger partial charge in [-0.2, -0.15) is 0 Å². The number of amides is 1. The summed E-state index contributed by atoms with van der Waals surface area (Å²) in [6.45, 7) is 3.92. The second kappa shape index (κ2) is 8.85. The summed E-state index contributed by atoms with van der Waals surface area (Å²) in [6.07, 6.45) is 1.47. The van der Waals surface area contributed by atoms with Crippen LogP contribution in [0.3, 0.4) is 0 Å². The zero-order chi connectivity index (χ0) is 18.3. The number of aromatic nitrogens is 1. The van der Waals surface area contributed by atoms with Gasteiger partial charge in [0.05, 0.1) is 19.4 Å². The molecule has 6 nitrogen and oxygen atoms in total. The van der Waals surface area contributed by atoms with Crippen LogP contribution < -0.4 is 5.32 Å². The van der Waals surface area contributed by atoms with Crippen molar-refractivity contribution < 1.29 is 22.8 Å². The van der Waals surface area contributed by atoms with Gasteiger partial charge in [0, 0.05) is 17.3 Å². The molecular formula is C17H20FN2O4P. The summed E-state index contributed by atoms with van der Waals surface area (Å²) in [5.41, 5.74) is 0.673. The second-order valence-corrected chi connectivity index (χ2v) is 7.13. The fraction of sp³-hybridized carbons (Fsp3) is 0.294. The predicted molar refractivity (Wildman–Crippen MR) is 93.2 cm³/mol. The minimum Gasteiger partial charge on any atom is -0.309 e. The Labute approximate surface area is 145 Å². The predicted octanol–water partition coefficient (Wildman–Crippen LogP) is 4.24. The van der Waals surface area contributed by atoms with Gasteiger partial charge in [-0.3, -0.25) is 9.36 Å². The van der Waals surface area contributed by atoms with Gasteiger partial charge >= 0.3 is 7.60 Å². The van der Waals surface area contributed by atoms with Crippen LogP contribution in [0.5, 0.6) is 0 Å². The van der Waals surface area contributed by atoms with Crippen molar-refractivity contribution in [2.75, 3.05) is 18.5 Å². The maximum Gasteiger partial charge on any atom is 0.335 e. The first-order chi connectivity index (χ1) is 12.0. The third kappa shape index (κ3) is 5.46. The highest BCUT2D eigenvalue weighted by Gasteiger charge is 2.26. The van der Waals surface area contributed by atoms with E-state index in [0.29, 0.717) is 5.56 Å². The molecule has 8 heteroatoms. The fourth-order valence-electron chi connectivity index (χ4n) is 2.22. The number of hydrogen-bond donors (Lipinski definition) is 1. The zero-order valence-corrected chi connectivity index (χ0v) is 15.0. The van der Waals surface area contributed by atoms with E-state index in [2.05, 4.69) is 10.3 Å². The summed E-state index contributed by atoms with van der Waals surface area (Å²) < 4.78 is 36.5. The van der Waals surface area contributed by atoms with E-state index < -0.39 is 19.3 Å². The number of pyridine rings is 1. The van der Waals surface area contributed by atoms with E-state index in [4.69, 9.17) is 9.05 Å². The molecule has 0 aliphatic heterocycles. The molecule has 0 saturated heterocycles. The lowest BCUT2D eigenvalue weighted by Gasteiger charge is -2.18. The Morgan fingerprint density at radius 1 is 1.20 bits per heavy atom. The number of benzene rings is 1. The maximum atomic E-state index is 13.3. The second-order valence-electron chi connectivity index (χ2n) is 5.08. The molecule has 0 fully saturated rings. The quantitative estimate of drug-likeness (QED) is 0.707. The van der Waals surface area contributed by atoms with E-state index in [1.807, 2.05) is 0 Å². The molecule has 1 heterocycles. The Hall–Kier alpha value is -2.08. The van der Waals surface area contributed by atoms with Gasteiger partial charge in [-0.1, -0.05) is 12.1 Å². The molecule has 2 rings (SSSR count). The van der Waals surface area contributed by atoms with Crippen molar-refractivity contribution in [1.82, 2.24) is 4.98 Å². The number of nitrogens with zero attached hydrogens (tertiary/aromatic N) is 1. The van der Waals surface area contributed by atoms with E-state index in [9.17, 15) is 13.8 Å². The van der Waals surface area contributed by atoms with Crippen LogP contribution in [-0.2, 0) is 19.8 Å². The summed E-state index contributed by atoms with van der Waals surface area (Å²) in [4.78, 5) is 16.4. The van der Waals surface area contributed by atoms with Gasteiger partial charge in [-0.05, 0) is 38.1 Å². The Balaban J connectivity index is 2.23. The first-order valence-corrected chi connectivity index (χ1v) is 9.59. The summed E-state index contributed by atoms with van der Waals surface area (Å²) >= 11 is 0. The van der Waals surface area contributed by atoms with Crippen molar-refractivity contribution in [3.63, 3.8) is 0 Å². The molecule has 0 saturated carbocycles. The number of anilines is 1. The first kappa shape index (κ1) is 19.2. The number of carbonyl (C=O) groups is 1. The molecule has 0 aliphatic rings. The average Bonchev–Trinajstić information content (AvgIpc) is 2.57. The lowest BCUT2D eigenvalue weighted by atomic mass is 10.2. The molecule has 1 aromatic heterocycles. The van der Waals surface area contributed by atoms with Crippen LogP contribution in [0, 0.1) is 5.82 Å². The molecule has 0 radical (unpaired) electrons. The highest BCUT2D eigenvalue weighted by atomic mass is 31.2. The van der Waals surface area contributed by atoms with Crippen molar-refractivity contribution in [3.8, 4) is 0 Å². The van der Waals surface area contributed by atoms with E-state index in [0.717, 1.165) is 6.07 Å². The summed E-state index contributed by atoms with van der Waals surface area (Å²) in [6, 6.07) is 8.66. The Morgan fingerprint density at radius 2 is 1.92 bits per heavy atom. The topological polar surface area (TPSA) is 77.5 Å². The van der Waals surface area contributed by atoms with Crippen molar-refractivity contribution in [2.24, 2.45) is 0 Å². The standard InChI is InChI=1S/C17H20FN2O4P/c1-3-23-25(22,24-4-2)12-14-8-6-10-19-16(14)20-17(21)13-7-5-9-15(18)11-13/h5-11H,3-4,12H2,1-2H3,(H,19,20,21). The molecule has 2 aromatic rings. The third-order valence-corrected chi connectivity index (χ3v) is 5.26. The molecule has 1 N–H and O–H groups in total. The summed E-state index contributed by atoms with van der Waals surface area (Å²) in [5, 5.41) is 2.61. The molecular weight excluding hydrogens is 346 g/mol. The van der Waals surface area contributed by atoms with E-state index >= 15 is 0 Å². The van der Waals surface area contributed by atoms with Crippen LogP contribution in [0.4, 0.5) is 10.2 Å². The van der Waals surface area contributed by atoms with Gasteiger partial charge in [-0.25, -0.2) is 9.37 Å². The van der Waals surface area contributed by atoms with Crippen LogP contribution in [0.15, 0.2) is 42.6 Å². The number of halogens is 1. The van der Waals surface area contributed by atoms with Crippen molar-refractivity contribution in [1.29, 1.82) is 0 Å². The summed E-state index contributed by atoms with van der Waals surface area (Å²) in [5.74, 6) is -0.787. The van der Waals surface area contributed by atoms with Crippen LogP contribution in [-0.4, -0.2) is 24.1 Å². The van der Waals surface area contributed by atoms with Gasteiger partial charge in [0.15, 0.2) is 0 Å². The minimum absolute atomic E-state index is 0.0265. The Bertz CT molecular complexity index is 775. The average molecular weight is 366 g/mol. The highest BCUT2D eigenvalue weighted by Crippen LogP contribution is 2.51. The number of rotatable bonds is 8. The van der Waals surface area contributed by atoms with E-state index in [1.54, 1.807) is 26.0 Å². The van der Waals surface area contributed by atoms with Crippen LogP contribution in [0.25, 0.3) is 0 Å².